The van der Waals surface area contributed by atoms with Gasteiger partial charge in [0, 0.05) is 30.0 Å². The second-order valence-corrected chi connectivity index (χ2v) is 8.18. The van der Waals surface area contributed by atoms with Crippen LogP contribution in [0, 0.1) is 10.1 Å². The van der Waals surface area contributed by atoms with Gasteiger partial charge in [0.1, 0.15) is 5.00 Å². The highest BCUT2D eigenvalue weighted by molar-refractivity contribution is 7.17. The average molecular weight is 442 g/mol. The van der Waals surface area contributed by atoms with Crippen molar-refractivity contribution < 1.29 is 19.3 Å². The number of fused-ring (bicyclic) bond motifs is 1. The number of carbonyl (C=O) groups excluding carboxylic acids is 3. The van der Waals surface area contributed by atoms with Crippen molar-refractivity contribution in [2.75, 3.05) is 5.32 Å². The predicted octanol–water partition coefficient (Wildman–Crippen LogP) is 3.36. The van der Waals surface area contributed by atoms with Gasteiger partial charge in [0.05, 0.1) is 10.5 Å². The van der Waals surface area contributed by atoms with Crippen LogP contribution in [-0.4, -0.2) is 22.6 Å². The van der Waals surface area contributed by atoms with Gasteiger partial charge in [-0.3, -0.25) is 35.3 Å². The van der Waals surface area contributed by atoms with E-state index in [-0.39, 0.29) is 5.69 Å². The number of amides is 3. The molecule has 0 saturated heterocycles. The molecule has 9 nitrogen and oxygen atoms in total. The van der Waals surface area contributed by atoms with Gasteiger partial charge >= 0.3 is 0 Å². The Kier molecular flexibility index (Phi) is 7.14. The average Bonchev–Trinajstić information content (AvgIpc) is 2.91. The highest BCUT2D eigenvalue weighted by atomic mass is 32.1. The molecule has 0 bridgehead atoms. The number of anilines is 1. The van der Waals surface area contributed by atoms with E-state index in [2.05, 4.69) is 16.2 Å². The summed E-state index contributed by atoms with van der Waals surface area (Å²) < 4.78 is 0. The van der Waals surface area contributed by atoms with Gasteiger partial charge in [-0.15, -0.1) is 11.3 Å². The smallest absolute Gasteiger partial charge is 0.272 e. The fraction of sp³-hybridized carbons (Fsp3) is 0.286. The highest BCUT2D eigenvalue weighted by Crippen LogP contribution is 2.37. The topological polar surface area (TPSA) is 130 Å². The lowest BCUT2D eigenvalue weighted by Crippen LogP contribution is -2.40. The summed E-state index contributed by atoms with van der Waals surface area (Å²) in [6, 6.07) is 5.81. The third kappa shape index (κ3) is 5.76. The number of rotatable bonds is 5. The fourth-order valence-corrected chi connectivity index (χ4v) is 4.60. The molecule has 1 heterocycles. The molecule has 3 N–H and O–H groups in total. The van der Waals surface area contributed by atoms with Gasteiger partial charge in [-0.2, -0.15) is 0 Å². The number of aryl methyl sites for hydroxylation is 1. The molecule has 0 unspecified atom stereocenters. The quantitative estimate of drug-likeness (QED) is 0.283. The lowest BCUT2D eigenvalue weighted by Gasteiger charge is -2.09. The van der Waals surface area contributed by atoms with Crippen molar-refractivity contribution in [3.63, 3.8) is 0 Å². The number of hydrogen-bond acceptors (Lipinski definition) is 6. The van der Waals surface area contributed by atoms with Crippen LogP contribution in [0.2, 0.25) is 0 Å². The van der Waals surface area contributed by atoms with Crippen LogP contribution < -0.4 is 16.2 Å². The van der Waals surface area contributed by atoms with Crippen LogP contribution in [0.25, 0.3) is 6.08 Å². The summed E-state index contributed by atoms with van der Waals surface area (Å²) >= 11 is 1.38. The minimum Gasteiger partial charge on any atom is -0.313 e. The first kappa shape index (κ1) is 22.2. The van der Waals surface area contributed by atoms with Crippen molar-refractivity contribution >= 4 is 45.8 Å². The summed E-state index contributed by atoms with van der Waals surface area (Å²) in [6.45, 7) is 1.29. The van der Waals surface area contributed by atoms with Crippen molar-refractivity contribution in [1.29, 1.82) is 0 Å². The maximum absolute atomic E-state index is 12.7. The molecule has 10 heteroatoms. The molecule has 162 valence electrons. The van der Waals surface area contributed by atoms with Crippen LogP contribution in [0.1, 0.15) is 52.5 Å². The van der Waals surface area contributed by atoms with E-state index in [1.807, 2.05) is 0 Å². The molecule has 1 aromatic heterocycles. The van der Waals surface area contributed by atoms with Crippen LogP contribution in [0.15, 0.2) is 30.3 Å². The Hall–Kier alpha value is -3.53. The summed E-state index contributed by atoms with van der Waals surface area (Å²) in [4.78, 5) is 47.7. The molecule has 3 rings (SSSR count). The van der Waals surface area contributed by atoms with Gasteiger partial charge in [0.25, 0.3) is 11.6 Å². The number of hydrogen-bond donors (Lipinski definition) is 3. The van der Waals surface area contributed by atoms with E-state index in [0.717, 1.165) is 42.5 Å². The van der Waals surface area contributed by atoms with Gasteiger partial charge in [-0.1, -0.05) is 6.42 Å². The van der Waals surface area contributed by atoms with Crippen molar-refractivity contribution in [3.05, 3.63) is 62.0 Å². The van der Waals surface area contributed by atoms with Crippen molar-refractivity contribution in [3.8, 4) is 0 Å². The molecule has 0 atom stereocenters. The lowest BCUT2D eigenvalue weighted by atomic mass is 10.1. The van der Waals surface area contributed by atoms with Crippen molar-refractivity contribution in [2.24, 2.45) is 0 Å². The van der Waals surface area contributed by atoms with E-state index >= 15 is 0 Å². The molecule has 0 fully saturated rings. The molecular formula is C21H22N4O5S. The monoisotopic (exact) mass is 442 g/mol. The summed E-state index contributed by atoms with van der Waals surface area (Å²) in [5.74, 6) is -1.29. The third-order valence-corrected chi connectivity index (χ3v) is 5.98. The summed E-state index contributed by atoms with van der Waals surface area (Å²) in [5.41, 5.74) is 6.57. The maximum Gasteiger partial charge on any atom is 0.272 e. The van der Waals surface area contributed by atoms with Crippen LogP contribution in [0.3, 0.4) is 0 Å². The van der Waals surface area contributed by atoms with E-state index in [0.29, 0.717) is 16.1 Å². The van der Waals surface area contributed by atoms with E-state index in [1.54, 1.807) is 12.1 Å². The first-order valence-corrected chi connectivity index (χ1v) is 10.6. The van der Waals surface area contributed by atoms with Gasteiger partial charge in [0.15, 0.2) is 0 Å². The number of nitrogens with one attached hydrogen (secondary N) is 3. The van der Waals surface area contributed by atoms with Crippen LogP contribution >= 0.6 is 11.3 Å². The zero-order chi connectivity index (χ0) is 22.4. The van der Waals surface area contributed by atoms with Gasteiger partial charge in [-0.25, -0.2) is 0 Å². The predicted molar refractivity (Wildman–Crippen MR) is 118 cm³/mol. The number of hydrazine groups is 1. The number of non-ortho nitro benzene ring substituents is 1. The molecule has 0 spiro atoms. The second kappa shape index (κ2) is 9.98. The molecule has 31 heavy (non-hydrogen) atoms. The Bertz CT molecular complexity index is 1040. The standard InChI is InChI=1S/C21H22N4O5S/c1-13(26)23-24-20(28)19-16-5-3-2-4-6-17(16)31-21(19)22-18(27)12-9-14-7-10-15(11-8-14)25(29)30/h7-12H,2-6H2,1H3,(H,22,27)(H,23,26)(H,24,28)/b12-9-. The van der Waals surface area contributed by atoms with Crippen LogP contribution in [0.4, 0.5) is 10.7 Å². The van der Waals surface area contributed by atoms with E-state index in [4.69, 9.17) is 0 Å². The normalized spacial score (nSPS) is 13.2. The zero-order valence-corrected chi connectivity index (χ0v) is 17.7. The third-order valence-electron chi connectivity index (χ3n) is 4.77. The molecule has 2 aromatic rings. The molecule has 0 aliphatic heterocycles. The Morgan fingerprint density at radius 1 is 1.06 bits per heavy atom. The number of nitrogens with zero attached hydrogens (tertiary/aromatic N) is 1. The van der Waals surface area contributed by atoms with E-state index < -0.39 is 22.6 Å². The molecule has 1 aliphatic rings. The number of carbonyl (C=O) groups is 3. The summed E-state index contributed by atoms with van der Waals surface area (Å²) in [5, 5.41) is 13.9. The SMILES string of the molecule is CC(=O)NNC(=O)c1c(NC(=O)/C=C\c2ccc([N+](=O)[O-])cc2)sc2c1CCCCC2. The zero-order valence-electron chi connectivity index (χ0n) is 16.9. The van der Waals surface area contributed by atoms with Crippen LogP contribution in [-0.2, 0) is 22.4 Å². The largest absolute Gasteiger partial charge is 0.313 e. The molecule has 1 aliphatic carbocycles. The van der Waals surface area contributed by atoms with Crippen LogP contribution in [0.5, 0.6) is 0 Å². The van der Waals surface area contributed by atoms with E-state index in [1.165, 1.54) is 42.5 Å². The molecule has 0 saturated carbocycles. The number of thiophene rings is 1. The number of nitro benzene ring substituents is 1. The van der Waals surface area contributed by atoms with Gasteiger partial charge in [0.2, 0.25) is 11.8 Å². The molecule has 0 radical (unpaired) electrons. The van der Waals surface area contributed by atoms with Crippen molar-refractivity contribution in [1.82, 2.24) is 10.9 Å². The maximum atomic E-state index is 12.7. The van der Waals surface area contributed by atoms with Gasteiger partial charge < -0.3 is 5.32 Å². The second-order valence-electron chi connectivity index (χ2n) is 7.08. The first-order valence-electron chi connectivity index (χ1n) is 9.80. The number of nitro groups is 1. The Labute approximate surface area is 182 Å². The fourth-order valence-electron chi connectivity index (χ4n) is 3.31. The van der Waals surface area contributed by atoms with Crippen molar-refractivity contribution in [2.45, 2.75) is 39.0 Å². The minimum atomic E-state index is -0.492. The Morgan fingerprint density at radius 2 is 1.77 bits per heavy atom. The Morgan fingerprint density at radius 3 is 2.45 bits per heavy atom. The first-order chi connectivity index (χ1) is 14.8. The molecular weight excluding hydrogens is 420 g/mol. The minimum absolute atomic E-state index is 0.0310. The van der Waals surface area contributed by atoms with E-state index in [9.17, 15) is 24.5 Å². The Balaban J connectivity index is 1.79. The summed E-state index contributed by atoms with van der Waals surface area (Å²) in [6.07, 6.45) is 7.48. The summed E-state index contributed by atoms with van der Waals surface area (Å²) in [7, 11) is 0. The lowest BCUT2D eigenvalue weighted by molar-refractivity contribution is -0.384. The van der Waals surface area contributed by atoms with Gasteiger partial charge in [-0.05, 0) is 55.0 Å². The highest BCUT2D eigenvalue weighted by Gasteiger charge is 2.25. The molecule has 3 amide bonds. The molecule has 1 aromatic carbocycles. The number of benzene rings is 1.